The van der Waals surface area contributed by atoms with Gasteiger partial charge in [0.2, 0.25) is 5.91 Å². The summed E-state index contributed by atoms with van der Waals surface area (Å²) in [5.41, 5.74) is 2.33. The van der Waals surface area contributed by atoms with Crippen molar-refractivity contribution in [3.8, 4) is 0 Å². The van der Waals surface area contributed by atoms with Crippen LogP contribution in [-0.4, -0.2) is 30.2 Å². The number of rotatable bonds is 5. The molecule has 0 radical (unpaired) electrons. The topological polar surface area (TPSA) is 61.4 Å². The quantitative estimate of drug-likeness (QED) is 0.754. The zero-order valence-corrected chi connectivity index (χ0v) is 11.4. The van der Waals surface area contributed by atoms with E-state index >= 15 is 0 Å². The van der Waals surface area contributed by atoms with Crippen molar-refractivity contribution >= 4 is 11.6 Å². The molecule has 4 heteroatoms. The van der Waals surface area contributed by atoms with E-state index in [2.05, 4.69) is 16.7 Å². The second-order valence-corrected chi connectivity index (χ2v) is 5.07. The van der Waals surface area contributed by atoms with Crippen LogP contribution in [-0.2, 0) is 11.2 Å². The Morgan fingerprint density at radius 2 is 2.32 bits per heavy atom. The molecule has 104 valence electrons. The van der Waals surface area contributed by atoms with Crippen molar-refractivity contribution in [2.24, 2.45) is 5.92 Å². The van der Waals surface area contributed by atoms with E-state index in [1.54, 1.807) is 0 Å². The first-order valence-corrected chi connectivity index (χ1v) is 6.97. The van der Waals surface area contributed by atoms with Crippen LogP contribution in [0.25, 0.3) is 0 Å². The zero-order chi connectivity index (χ0) is 13.7. The predicted molar refractivity (Wildman–Crippen MR) is 76.1 cm³/mol. The number of nitrogens with one attached hydrogen (secondary N) is 2. The van der Waals surface area contributed by atoms with Crippen LogP contribution in [0.2, 0.25) is 0 Å². The normalized spacial score (nSPS) is 19.2. The third-order valence-corrected chi connectivity index (χ3v) is 3.71. The average Bonchev–Trinajstić information content (AvgIpc) is 2.46. The molecule has 0 fully saturated rings. The van der Waals surface area contributed by atoms with Gasteiger partial charge in [0.1, 0.15) is 0 Å². The third-order valence-electron chi connectivity index (χ3n) is 3.71. The monoisotopic (exact) mass is 262 g/mol. The van der Waals surface area contributed by atoms with Crippen LogP contribution in [0.1, 0.15) is 25.3 Å². The molecule has 3 N–H and O–H groups in total. The summed E-state index contributed by atoms with van der Waals surface area (Å²) in [4.78, 5) is 12.2. The Morgan fingerprint density at radius 3 is 3.05 bits per heavy atom. The maximum atomic E-state index is 12.2. The highest BCUT2D eigenvalue weighted by Crippen LogP contribution is 2.24. The van der Waals surface area contributed by atoms with E-state index in [4.69, 9.17) is 5.11 Å². The van der Waals surface area contributed by atoms with Crippen molar-refractivity contribution < 1.29 is 9.90 Å². The first-order chi connectivity index (χ1) is 9.24. The highest BCUT2D eigenvalue weighted by molar-refractivity contribution is 5.81. The molecule has 0 saturated heterocycles. The molecule has 1 aliphatic heterocycles. The lowest BCUT2D eigenvalue weighted by Crippen LogP contribution is -2.43. The van der Waals surface area contributed by atoms with E-state index in [0.29, 0.717) is 13.0 Å². The van der Waals surface area contributed by atoms with Gasteiger partial charge in [0.15, 0.2) is 0 Å². The number of anilines is 1. The molecule has 19 heavy (non-hydrogen) atoms. The van der Waals surface area contributed by atoms with Crippen LogP contribution in [0.3, 0.4) is 0 Å². The number of aliphatic hydroxyl groups is 1. The maximum absolute atomic E-state index is 12.2. The molecule has 1 aromatic rings. The van der Waals surface area contributed by atoms with Crippen LogP contribution in [0.15, 0.2) is 24.3 Å². The van der Waals surface area contributed by atoms with Crippen molar-refractivity contribution in [2.75, 3.05) is 18.5 Å². The van der Waals surface area contributed by atoms with Gasteiger partial charge in [-0.15, -0.1) is 0 Å². The van der Waals surface area contributed by atoms with E-state index in [9.17, 15) is 4.79 Å². The lowest BCUT2D eigenvalue weighted by atomic mass is 9.93. The van der Waals surface area contributed by atoms with Crippen LogP contribution >= 0.6 is 0 Å². The van der Waals surface area contributed by atoms with Gasteiger partial charge in [-0.1, -0.05) is 25.1 Å². The SMILES string of the molecule is CCC(CCO)NC(=O)C1CNc2ccccc2C1. The average molecular weight is 262 g/mol. The Balaban J connectivity index is 1.95. The number of benzene rings is 1. The van der Waals surface area contributed by atoms with Gasteiger partial charge >= 0.3 is 0 Å². The molecule has 1 aliphatic rings. The highest BCUT2D eigenvalue weighted by atomic mass is 16.3. The molecule has 0 saturated carbocycles. The zero-order valence-electron chi connectivity index (χ0n) is 11.4. The Kier molecular flexibility index (Phi) is 4.80. The van der Waals surface area contributed by atoms with Gasteiger partial charge < -0.3 is 15.7 Å². The predicted octanol–water partition coefficient (Wildman–Crippen LogP) is 1.55. The van der Waals surface area contributed by atoms with Crippen molar-refractivity contribution in [3.63, 3.8) is 0 Å². The minimum atomic E-state index is -0.0253. The maximum Gasteiger partial charge on any atom is 0.225 e. The van der Waals surface area contributed by atoms with Crippen LogP contribution in [0.4, 0.5) is 5.69 Å². The van der Waals surface area contributed by atoms with Gasteiger partial charge in [-0.05, 0) is 30.9 Å². The minimum Gasteiger partial charge on any atom is -0.396 e. The fourth-order valence-corrected chi connectivity index (χ4v) is 2.48. The van der Waals surface area contributed by atoms with Gasteiger partial charge in [0.25, 0.3) is 0 Å². The van der Waals surface area contributed by atoms with Gasteiger partial charge in [-0.2, -0.15) is 0 Å². The summed E-state index contributed by atoms with van der Waals surface area (Å²) >= 11 is 0. The molecule has 1 aromatic carbocycles. The summed E-state index contributed by atoms with van der Waals surface area (Å²) < 4.78 is 0. The lowest BCUT2D eigenvalue weighted by molar-refractivity contribution is -0.125. The molecule has 1 heterocycles. The Bertz CT molecular complexity index is 434. The summed E-state index contributed by atoms with van der Waals surface area (Å²) in [5, 5.41) is 15.3. The third kappa shape index (κ3) is 3.47. The van der Waals surface area contributed by atoms with Gasteiger partial charge in [-0.3, -0.25) is 4.79 Å². The number of hydrogen-bond acceptors (Lipinski definition) is 3. The standard InChI is InChI=1S/C15H22N2O2/c1-2-13(7-8-18)17-15(19)12-9-11-5-3-4-6-14(11)16-10-12/h3-6,12-13,16,18H,2,7-10H2,1H3,(H,17,19). The van der Waals surface area contributed by atoms with Gasteiger partial charge in [-0.25, -0.2) is 0 Å². The van der Waals surface area contributed by atoms with E-state index in [0.717, 1.165) is 18.5 Å². The molecule has 0 bridgehead atoms. The van der Waals surface area contributed by atoms with E-state index in [1.807, 2.05) is 25.1 Å². The molecular formula is C15H22N2O2. The Morgan fingerprint density at radius 1 is 1.53 bits per heavy atom. The van der Waals surface area contributed by atoms with Gasteiger partial charge in [0, 0.05) is 24.9 Å². The molecule has 1 amide bonds. The molecule has 2 unspecified atom stereocenters. The molecule has 2 rings (SSSR count). The largest absolute Gasteiger partial charge is 0.396 e. The van der Waals surface area contributed by atoms with Crippen molar-refractivity contribution in [3.05, 3.63) is 29.8 Å². The highest BCUT2D eigenvalue weighted by Gasteiger charge is 2.25. The summed E-state index contributed by atoms with van der Waals surface area (Å²) in [6.45, 7) is 2.82. The first kappa shape index (κ1) is 13.9. The van der Waals surface area contributed by atoms with Gasteiger partial charge in [0.05, 0.1) is 5.92 Å². The van der Waals surface area contributed by atoms with Crippen LogP contribution in [0.5, 0.6) is 0 Å². The summed E-state index contributed by atoms with van der Waals surface area (Å²) in [5.74, 6) is 0.0601. The van der Waals surface area contributed by atoms with Crippen LogP contribution < -0.4 is 10.6 Å². The van der Waals surface area contributed by atoms with E-state index in [1.165, 1.54) is 5.56 Å². The number of para-hydroxylation sites is 1. The van der Waals surface area contributed by atoms with E-state index < -0.39 is 0 Å². The van der Waals surface area contributed by atoms with Crippen LogP contribution in [0, 0.1) is 5.92 Å². The number of fused-ring (bicyclic) bond motifs is 1. The lowest BCUT2D eigenvalue weighted by Gasteiger charge is -2.27. The fraction of sp³-hybridized carbons (Fsp3) is 0.533. The number of hydrogen-bond donors (Lipinski definition) is 3. The molecule has 0 spiro atoms. The minimum absolute atomic E-state index is 0.0253. The molecule has 0 aromatic heterocycles. The number of carbonyl (C=O) groups excluding carboxylic acids is 1. The second-order valence-electron chi connectivity index (χ2n) is 5.07. The Labute approximate surface area is 114 Å². The summed E-state index contributed by atoms with van der Waals surface area (Å²) in [6.07, 6.45) is 2.26. The second kappa shape index (κ2) is 6.57. The van der Waals surface area contributed by atoms with E-state index in [-0.39, 0.29) is 24.5 Å². The van der Waals surface area contributed by atoms with Crippen molar-refractivity contribution in [1.82, 2.24) is 5.32 Å². The molecule has 0 aliphatic carbocycles. The molecular weight excluding hydrogens is 240 g/mol. The Hall–Kier alpha value is -1.55. The van der Waals surface area contributed by atoms with Crippen molar-refractivity contribution in [1.29, 1.82) is 0 Å². The number of amides is 1. The number of carbonyl (C=O) groups is 1. The number of aliphatic hydroxyl groups excluding tert-OH is 1. The smallest absolute Gasteiger partial charge is 0.225 e. The first-order valence-electron chi connectivity index (χ1n) is 6.97. The van der Waals surface area contributed by atoms with Crippen molar-refractivity contribution in [2.45, 2.75) is 32.2 Å². The fourth-order valence-electron chi connectivity index (χ4n) is 2.48. The summed E-state index contributed by atoms with van der Waals surface area (Å²) in [6, 6.07) is 8.19. The molecule has 4 nitrogen and oxygen atoms in total. The summed E-state index contributed by atoms with van der Waals surface area (Å²) in [7, 11) is 0. The molecule has 2 atom stereocenters.